The first-order valence-electron chi connectivity index (χ1n) is 8.80. The van der Waals surface area contributed by atoms with Gasteiger partial charge in [-0.2, -0.15) is 5.10 Å². The normalized spacial score (nSPS) is 10.6. The van der Waals surface area contributed by atoms with Gasteiger partial charge in [-0.3, -0.25) is 9.78 Å². The van der Waals surface area contributed by atoms with Crippen molar-refractivity contribution >= 4 is 17.5 Å². The smallest absolute Gasteiger partial charge is 0.255 e. The summed E-state index contributed by atoms with van der Waals surface area (Å²) < 4.78 is 1.75. The van der Waals surface area contributed by atoms with Crippen LogP contribution in [0.2, 0.25) is 5.02 Å². The lowest BCUT2D eigenvalue weighted by molar-refractivity contribution is 0.0951. The third kappa shape index (κ3) is 3.80. The molecule has 138 valence electrons. The highest BCUT2D eigenvalue weighted by Crippen LogP contribution is 2.27. The summed E-state index contributed by atoms with van der Waals surface area (Å²) in [5.74, 6) is -0.204. The Kier molecular flexibility index (Phi) is 5.17. The van der Waals surface area contributed by atoms with Crippen molar-refractivity contribution in [1.82, 2.24) is 20.1 Å². The van der Waals surface area contributed by atoms with Gasteiger partial charge in [-0.15, -0.1) is 0 Å². The fraction of sp³-hybridized carbons (Fsp3) is 0.0455. The van der Waals surface area contributed by atoms with Crippen molar-refractivity contribution in [2.75, 3.05) is 0 Å². The lowest BCUT2D eigenvalue weighted by atomic mass is 10.1. The van der Waals surface area contributed by atoms with E-state index in [9.17, 15) is 4.79 Å². The number of aromatic nitrogens is 3. The van der Waals surface area contributed by atoms with E-state index in [0.717, 1.165) is 22.6 Å². The molecule has 0 aliphatic rings. The number of hydrogen-bond acceptors (Lipinski definition) is 3. The van der Waals surface area contributed by atoms with Gasteiger partial charge in [-0.1, -0.05) is 48.0 Å². The monoisotopic (exact) mass is 388 g/mol. The molecule has 1 amide bonds. The topological polar surface area (TPSA) is 59.8 Å². The summed E-state index contributed by atoms with van der Waals surface area (Å²) in [5, 5.41) is 8.03. The molecule has 0 spiro atoms. The van der Waals surface area contributed by atoms with Crippen LogP contribution in [0.5, 0.6) is 0 Å². The average Bonchev–Trinajstić information content (AvgIpc) is 3.19. The zero-order chi connectivity index (χ0) is 19.3. The van der Waals surface area contributed by atoms with Crippen LogP contribution in [0.25, 0.3) is 16.9 Å². The second kappa shape index (κ2) is 8.06. The molecule has 0 atom stereocenters. The standard InChI is InChI=1S/C22H17ClN4O/c23-17-9-11-19(12-10-17)27-21(16-6-2-1-3-7-16)20(15-26-27)22(28)25-14-18-8-4-5-13-24-18/h1-13,15H,14H2,(H,25,28). The van der Waals surface area contributed by atoms with Gasteiger partial charge in [0.2, 0.25) is 0 Å². The Morgan fingerprint density at radius 1 is 0.964 bits per heavy atom. The molecule has 0 fully saturated rings. The van der Waals surface area contributed by atoms with E-state index in [-0.39, 0.29) is 5.91 Å². The van der Waals surface area contributed by atoms with E-state index in [4.69, 9.17) is 11.6 Å². The average molecular weight is 389 g/mol. The Morgan fingerprint density at radius 2 is 1.71 bits per heavy atom. The van der Waals surface area contributed by atoms with Gasteiger partial charge in [0, 0.05) is 16.8 Å². The summed E-state index contributed by atoms with van der Waals surface area (Å²) >= 11 is 6.01. The molecule has 0 saturated carbocycles. The van der Waals surface area contributed by atoms with Gasteiger partial charge in [-0.25, -0.2) is 4.68 Å². The van der Waals surface area contributed by atoms with Crippen LogP contribution in [0.1, 0.15) is 16.1 Å². The zero-order valence-corrected chi connectivity index (χ0v) is 15.7. The van der Waals surface area contributed by atoms with Crippen molar-refractivity contribution in [3.63, 3.8) is 0 Å². The van der Waals surface area contributed by atoms with Crippen molar-refractivity contribution in [2.24, 2.45) is 0 Å². The van der Waals surface area contributed by atoms with Crippen LogP contribution in [0.15, 0.2) is 85.2 Å². The van der Waals surface area contributed by atoms with Crippen LogP contribution in [-0.4, -0.2) is 20.7 Å². The third-order valence-corrected chi connectivity index (χ3v) is 4.54. The van der Waals surface area contributed by atoms with Crippen molar-refractivity contribution in [3.05, 3.63) is 101 Å². The maximum atomic E-state index is 12.9. The largest absolute Gasteiger partial charge is 0.346 e. The van der Waals surface area contributed by atoms with Crippen molar-refractivity contribution in [1.29, 1.82) is 0 Å². The van der Waals surface area contributed by atoms with E-state index in [1.807, 2.05) is 60.7 Å². The van der Waals surface area contributed by atoms with Gasteiger partial charge in [-0.05, 0) is 36.4 Å². The second-order valence-corrected chi connectivity index (χ2v) is 6.60. The molecule has 1 N–H and O–H groups in total. The molecule has 4 rings (SSSR count). The first-order chi connectivity index (χ1) is 13.7. The molecule has 0 radical (unpaired) electrons. The minimum absolute atomic E-state index is 0.204. The molecule has 2 heterocycles. The zero-order valence-electron chi connectivity index (χ0n) is 14.9. The minimum Gasteiger partial charge on any atom is -0.346 e. The van der Waals surface area contributed by atoms with Crippen LogP contribution >= 0.6 is 11.6 Å². The van der Waals surface area contributed by atoms with Crippen molar-refractivity contribution in [2.45, 2.75) is 6.54 Å². The fourth-order valence-electron chi connectivity index (χ4n) is 2.94. The highest BCUT2D eigenvalue weighted by molar-refractivity contribution is 6.30. The predicted octanol–water partition coefficient (Wildman–Crippen LogP) is 4.52. The van der Waals surface area contributed by atoms with E-state index in [1.165, 1.54) is 0 Å². The van der Waals surface area contributed by atoms with E-state index < -0.39 is 0 Å². The second-order valence-electron chi connectivity index (χ2n) is 6.16. The highest BCUT2D eigenvalue weighted by Gasteiger charge is 2.20. The molecule has 2 aromatic carbocycles. The number of pyridine rings is 1. The van der Waals surface area contributed by atoms with Gasteiger partial charge in [0.25, 0.3) is 5.91 Å². The van der Waals surface area contributed by atoms with Crippen LogP contribution in [0.3, 0.4) is 0 Å². The fourth-order valence-corrected chi connectivity index (χ4v) is 3.06. The molecule has 5 nitrogen and oxygen atoms in total. The number of nitrogens with one attached hydrogen (secondary N) is 1. The molecule has 28 heavy (non-hydrogen) atoms. The number of amides is 1. The first-order valence-corrected chi connectivity index (χ1v) is 9.17. The molecular formula is C22H17ClN4O. The summed E-state index contributed by atoms with van der Waals surface area (Å²) in [7, 11) is 0. The maximum Gasteiger partial charge on any atom is 0.255 e. The van der Waals surface area contributed by atoms with Gasteiger partial charge in [0.05, 0.1) is 35.4 Å². The molecule has 0 aliphatic carbocycles. The van der Waals surface area contributed by atoms with E-state index in [1.54, 1.807) is 29.2 Å². The highest BCUT2D eigenvalue weighted by atomic mass is 35.5. The molecule has 0 unspecified atom stereocenters. The maximum absolute atomic E-state index is 12.9. The van der Waals surface area contributed by atoms with Crippen LogP contribution in [-0.2, 0) is 6.54 Å². The van der Waals surface area contributed by atoms with E-state index in [2.05, 4.69) is 15.4 Å². The number of rotatable bonds is 5. The van der Waals surface area contributed by atoms with Gasteiger partial charge in [0.1, 0.15) is 0 Å². The first kappa shape index (κ1) is 17.9. The molecule has 0 aliphatic heterocycles. The molecule has 6 heteroatoms. The number of halogens is 1. The predicted molar refractivity (Wildman–Crippen MR) is 109 cm³/mol. The number of hydrogen-bond donors (Lipinski definition) is 1. The Labute approximate surface area is 167 Å². The lowest BCUT2D eigenvalue weighted by Crippen LogP contribution is -2.23. The molecular weight excluding hydrogens is 372 g/mol. The number of benzene rings is 2. The minimum atomic E-state index is -0.204. The number of carbonyl (C=O) groups excluding carboxylic acids is 1. The van der Waals surface area contributed by atoms with Crippen LogP contribution in [0, 0.1) is 0 Å². The summed E-state index contributed by atoms with van der Waals surface area (Å²) in [6.45, 7) is 0.347. The van der Waals surface area contributed by atoms with Gasteiger partial charge >= 0.3 is 0 Å². The van der Waals surface area contributed by atoms with Crippen LogP contribution < -0.4 is 5.32 Å². The summed E-state index contributed by atoms with van der Waals surface area (Å²) in [5.41, 5.74) is 3.74. The Balaban J connectivity index is 1.71. The van der Waals surface area contributed by atoms with Crippen molar-refractivity contribution < 1.29 is 4.79 Å². The number of carbonyl (C=O) groups is 1. The Morgan fingerprint density at radius 3 is 2.43 bits per heavy atom. The summed E-state index contributed by atoms with van der Waals surface area (Å²) in [4.78, 5) is 17.1. The SMILES string of the molecule is O=C(NCc1ccccn1)c1cnn(-c2ccc(Cl)cc2)c1-c1ccccc1. The quantitative estimate of drug-likeness (QED) is 0.547. The molecule has 4 aromatic rings. The van der Waals surface area contributed by atoms with Crippen molar-refractivity contribution in [3.8, 4) is 16.9 Å². The molecule has 0 bridgehead atoms. The third-order valence-electron chi connectivity index (χ3n) is 4.29. The molecule has 2 aromatic heterocycles. The molecule has 0 saturated heterocycles. The lowest BCUT2D eigenvalue weighted by Gasteiger charge is -2.11. The van der Waals surface area contributed by atoms with E-state index in [0.29, 0.717) is 17.1 Å². The summed E-state index contributed by atoms with van der Waals surface area (Å²) in [6.07, 6.45) is 3.29. The number of nitrogens with zero attached hydrogens (tertiary/aromatic N) is 3. The van der Waals surface area contributed by atoms with E-state index >= 15 is 0 Å². The van der Waals surface area contributed by atoms with Crippen LogP contribution in [0.4, 0.5) is 0 Å². The summed E-state index contributed by atoms with van der Waals surface area (Å²) in [6, 6.07) is 22.7. The van der Waals surface area contributed by atoms with Gasteiger partial charge < -0.3 is 5.32 Å². The van der Waals surface area contributed by atoms with Gasteiger partial charge in [0.15, 0.2) is 0 Å². The Bertz CT molecular complexity index is 1080. The Hall–Kier alpha value is -3.44.